The van der Waals surface area contributed by atoms with E-state index in [1.54, 1.807) is 6.20 Å². The Bertz CT molecular complexity index is 595. The van der Waals surface area contributed by atoms with Gasteiger partial charge in [-0.2, -0.15) is 5.10 Å². The van der Waals surface area contributed by atoms with Crippen LogP contribution in [0.3, 0.4) is 0 Å². The van der Waals surface area contributed by atoms with Crippen LogP contribution in [0.4, 0.5) is 0 Å². The first-order valence-corrected chi connectivity index (χ1v) is 7.10. The van der Waals surface area contributed by atoms with E-state index in [9.17, 15) is 4.79 Å². The molecule has 6 heteroatoms. The molecule has 0 saturated heterocycles. The van der Waals surface area contributed by atoms with Crippen LogP contribution >= 0.6 is 12.4 Å². The molecule has 0 aliphatic carbocycles. The summed E-state index contributed by atoms with van der Waals surface area (Å²) in [5.41, 5.74) is 7.30. The summed E-state index contributed by atoms with van der Waals surface area (Å²) in [5, 5.41) is 7.24. The fraction of sp³-hybridized carbons (Fsp3) is 0.375. The standard InChI is InChI=1S/C16H22N4O.ClH/c1-16(2,12-17)19-15(21)9-8-13-10-18-20(11-13)14-6-4-3-5-7-14;/h3-7,10-11H,8-9,12,17H2,1-2H3,(H,19,21);1H. The number of hydrogen-bond acceptors (Lipinski definition) is 3. The summed E-state index contributed by atoms with van der Waals surface area (Å²) in [6, 6.07) is 9.90. The lowest BCUT2D eigenvalue weighted by atomic mass is 10.1. The fourth-order valence-electron chi connectivity index (χ4n) is 1.96. The van der Waals surface area contributed by atoms with Gasteiger partial charge in [-0.25, -0.2) is 4.68 Å². The molecule has 0 spiro atoms. The molecule has 2 rings (SSSR count). The average molecular weight is 323 g/mol. The van der Waals surface area contributed by atoms with E-state index in [-0.39, 0.29) is 23.9 Å². The summed E-state index contributed by atoms with van der Waals surface area (Å²) in [7, 11) is 0. The van der Waals surface area contributed by atoms with Gasteiger partial charge >= 0.3 is 0 Å². The van der Waals surface area contributed by atoms with Crippen molar-refractivity contribution in [1.82, 2.24) is 15.1 Å². The summed E-state index contributed by atoms with van der Waals surface area (Å²) in [6.45, 7) is 4.25. The van der Waals surface area contributed by atoms with Crippen LogP contribution in [0.2, 0.25) is 0 Å². The van der Waals surface area contributed by atoms with E-state index in [4.69, 9.17) is 5.73 Å². The number of halogens is 1. The molecule has 0 fully saturated rings. The smallest absolute Gasteiger partial charge is 0.220 e. The number of carbonyl (C=O) groups excluding carboxylic acids is 1. The molecular formula is C16H23ClN4O. The van der Waals surface area contributed by atoms with Crippen molar-refractivity contribution in [2.75, 3.05) is 6.54 Å². The number of carbonyl (C=O) groups is 1. The minimum absolute atomic E-state index is 0. The molecule has 1 aromatic carbocycles. The van der Waals surface area contributed by atoms with Gasteiger partial charge in [0.1, 0.15) is 0 Å². The number of para-hydroxylation sites is 1. The molecule has 0 unspecified atom stereocenters. The third-order valence-corrected chi connectivity index (χ3v) is 3.29. The highest BCUT2D eigenvalue weighted by Gasteiger charge is 2.17. The maximum absolute atomic E-state index is 11.9. The fourth-order valence-corrected chi connectivity index (χ4v) is 1.96. The molecule has 3 N–H and O–H groups in total. The molecule has 2 aromatic rings. The van der Waals surface area contributed by atoms with Gasteiger partial charge in [-0.3, -0.25) is 4.79 Å². The molecule has 0 radical (unpaired) electrons. The van der Waals surface area contributed by atoms with Gasteiger partial charge in [-0.15, -0.1) is 12.4 Å². The second-order valence-electron chi connectivity index (χ2n) is 5.76. The first-order valence-electron chi connectivity index (χ1n) is 7.10. The highest BCUT2D eigenvalue weighted by molar-refractivity contribution is 5.85. The molecule has 5 nitrogen and oxygen atoms in total. The van der Waals surface area contributed by atoms with Crippen molar-refractivity contribution in [3.05, 3.63) is 48.3 Å². The predicted molar refractivity (Wildman–Crippen MR) is 90.4 cm³/mol. The normalized spacial score (nSPS) is 10.9. The maximum Gasteiger partial charge on any atom is 0.220 e. The van der Waals surface area contributed by atoms with Gasteiger partial charge in [0.25, 0.3) is 0 Å². The summed E-state index contributed by atoms with van der Waals surface area (Å²) in [5.74, 6) is 0.0120. The van der Waals surface area contributed by atoms with Crippen LogP contribution in [-0.4, -0.2) is 27.8 Å². The number of aryl methyl sites for hydroxylation is 1. The topological polar surface area (TPSA) is 72.9 Å². The number of hydrogen-bond donors (Lipinski definition) is 2. The first kappa shape index (κ1) is 18.2. The van der Waals surface area contributed by atoms with Gasteiger partial charge in [0.2, 0.25) is 5.91 Å². The minimum Gasteiger partial charge on any atom is -0.350 e. The maximum atomic E-state index is 11.9. The van der Waals surface area contributed by atoms with Gasteiger partial charge in [0.05, 0.1) is 11.9 Å². The number of aromatic nitrogens is 2. The van der Waals surface area contributed by atoms with Gasteiger partial charge in [-0.1, -0.05) is 18.2 Å². The largest absolute Gasteiger partial charge is 0.350 e. The van der Waals surface area contributed by atoms with Crippen molar-refractivity contribution in [3.63, 3.8) is 0 Å². The first-order chi connectivity index (χ1) is 10.00. The van der Waals surface area contributed by atoms with Gasteiger partial charge in [0.15, 0.2) is 0 Å². The molecule has 0 aliphatic rings. The van der Waals surface area contributed by atoms with Gasteiger partial charge in [0, 0.05) is 24.7 Å². The number of nitrogens with two attached hydrogens (primary N) is 1. The Morgan fingerprint density at radius 1 is 1.32 bits per heavy atom. The number of nitrogens with zero attached hydrogens (tertiary/aromatic N) is 2. The summed E-state index contributed by atoms with van der Waals surface area (Å²) in [4.78, 5) is 11.9. The van der Waals surface area contributed by atoms with E-state index >= 15 is 0 Å². The molecular weight excluding hydrogens is 300 g/mol. The monoisotopic (exact) mass is 322 g/mol. The molecule has 0 saturated carbocycles. The third kappa shape index (κ3) is 5.16. The lowest BCUT2D eigenvalue weighted by molar-refractivity contribution is -0.122. The van der Waals surface area contributed by atoms with E-state index in [1.807, 2.05) is 55.1 Å². The van der Waals surface area contributed by atoms with E-state index in [1.165, 1.54) is 0 Å². The number of nitrogens with one attached hydrogen (secondary N) is 1. The molecule has 1 heterocycles. The predicted octanol–water partition coefficient (Wildman–Crippen LogP) is 2.08. The Hall–Kier alpha value is -1.85. The van der Waals surface area contributed by atoms with E-state index < -0.39 is 0 Å². The average Bonchev–Trinajstić information content (AvgIpc) is 2.95. The minimum atomic E-state index is -0.356. The highest BCUT2D eigenvalue weighted by atomic mass is 35.5. The van der Waals surface area contributed by atoms with Crippen LogP contribution in [0, 0.1) is 0 Å². The van der Waals surface area contributed by atoms with Crippen molar-refractivity contribution in [1.29, 1.82) is 0 Å². The van der Waals surface area contributed by atoms with Crippen LogP contribution in [0.25, 0.3) is 5.69 Å². The number of amides is 1. The third-order valence-electron chi connectivity index (χ3n) is 3.29. The summed E-state index contributed by atoms with van der Waals surface area (Å²) < 4.78 is 1.82. The Morgan fingerprint density at radius 3 is 2.64 bits per heavy atom. The Morgan fingerprint density at radius 2 is 2.00 bits per heavy atom. The molecule has 0 bridgehead atoms. The van der Waals surface area contributed by atoms with E-state index in [0.717, 1.165) is 11.3 Å². The second-order valence-corrected chi connectivity index (χ2v) is 5.76. The Kier molecular flexibility index (Phi) is 6.59. The quantitative estimate of drug-likeness (QED) is 0.855. The molecule has 22 heavy (non-hydrogen) atoms. The van der Waals surface area contributed by atoms with Crippen LogP contribution in [-0.2, 0) is 11.2 Å². The molecule has 1 aromatic heterocycles. The summed E-state index contributed by atoms with van der Waals surface area (Å²) in [6.07, 6.45) is 4.86. The molecule has 120 valence electrons. The van der Waals surface area contributed by atoms with Crippen molar-refractivity contribution in [3.8, 4) is 5.69 Å². The SMILES string of the molecule is CC(C)(CN)NC(=O)CCc1cnn(-c2ccccc2)c1.Cl. The van der Waals surface area contributed by atoms with Crippen molar-refractivity contribution < 1.29 is 4.79 Å². The lowest BCUT2D eigenvalue weighted by Gasteiger charge is -2.24. The number of benzene rings is 1. The van der Waals surface area contributed by atoms with E-state index in [0.29, 0.717) is 19.4 Å². The van der Waals surface area contributed by atoms with Crippen LogP contribution in [0.15, 0.2) is 42.7 Å². The number of rotatable bonds is 6. The van der Waals surface area contributed by atoms with Crippen molar-refractivity contribution in [2.24, 2.45) is 5.73 Å². The lowest BCUT2D eigenvalue weighted by Crippen LogP contribution is -2.48. The zero-order valence-corrected chi connectivity index (χ0v) is 13.8. The van der Waals surface area contributed by atoms with E-state index in [2.05, 4.69) is 10.4 Å². The highest BCUT2D eigenvalue weighted by Crippen LogP contribution is 2.09. The molecule has 1 amide bonds. The Balaban J connectivity index is 0.00000242. The molecule has 0 aliphatic heterocycles. The Labute approximate surface area is 137 Å². The zero-order chi connectivity index (χ0) is 15.3. The van der Waals surface area contributed by atoms with Gasteiger partial charge < -0.3 is 11.1 Å². The second kappa shape index (κ2) is 7.96. The van der Waals surface area contributed by atoms with Gasteiger partial charge in [-0.05, 0) is 38.0 Å². The summed E-state index contributed by atoms with van der Waals surface area (Å²) >= 11 is 0. The molecule has 0 atom stereocenters. The van der Waals surface area contributed by atoms with Crippen molar-refractivity contribution in [2.45, 2.75) is 32.2 Å². The van der Waals surface area contributed by atoms with Crippen LogP contribution < -0.4 is 11.1 Å². The van der Waals surface area contributed by atoms with Crippen molar-refractivity contribution >= 4 is 18.3 Å². The van der Waals surface area contributed by atoms with Crippen LogP contribution in [0.5, 0.6) is 0 Å². The van der Waals surface area contributed by atoms with Crippen LogP contribution in [0.1, 0.15) is 25.8 Å². The zero-order valence-electron chi connectivity index (χ0n) is 13.0.